The lowest BCUT2D eigenvalue weighted by Crippen LogP contribution is -2.21. The first-order valence-corrected chi connectivity index (χ1v) is 6.63. The monoisotopic (exact) mass is 326 g/mol. The highest BCUT2D eigenvalue weighted by Gasteiger charge is 2.17. The van der Waals surface area contributed by atoms with Crippen LogP contribution >= 0.6 is 15.9 Å². The zero-order valence-electron chi connectivity index (χ0n) is 10.3. The van der Waals surface area contributed by atoms with E-state index in [4.69, 9.17) is 0 Å². The van der Waals surface area contributed by atoms with Crippen LogP contribution < -0.4 is 5.32 Å². The van der Waals surface area contributed by atoms with Crippen LogP contribution in [-0.4, -0.2) is 12.0 Å². The van der Waals surface area contributed by atoms with Crippen LogP contribution in [0.2, 0.25) is 0 Å². The highest BCUT2D eigenvalue weighted by Crippen LogP contribution is 2.25. The maximum absolute atomic E-state index is 13.7. The van der Waals surface area contributed by atoms with Crippen molar-refractivity contribution in [2.45, 2.75) is 12.5 Å². The van der Waals surface area contributed by atoms with Crippen LogP contribution in [0.5, 0.6) is 0 Å². The minimum atomic E-state index is -0.826. The van der Waals surface area contributed by atoms with E-state index in [0.29, 0.717) is 12.0 Å². The van der Waals surface area contributed by atoms with E-state index in [0.717, 1.165) is 16.2 Å². The van der Waals surface area contributed by atoms with Crippen molar-refractivity contribution in [3.05, 3.63) is 63.9 Å². The van der Waals surface area contributed by atoms with Crippen LogP contribution in [0.3, 0.4) is 0 Å². The maximum atomic E-state index is 13.7. The van der Waals surface area contributed by atoms with Gasteiger partial charge >= 0.3 is 0 Å². The Morgan fingerprint density at radius 3 is 2.74 bits per heavy atom. The van der Waals surface area contributed by atoms with Gasteiger partial charge < -0.3 is 5.32 Å². The Balaban J connectivity index is 2.30. The normalized spacial score (nSPS) is 12.4. The van der Waals surface area contributed by atoms with Gasteiger partial charge in [0.2, 0.25) is 0 Å². The van der Waals surface area contributed by atoms with Gasteiger partial charge in [-0.25, -0.2) is 8.78 Å². The zero-order chi connectivity index (χ0) is 13.8. The molecule has 1 aromatic carbocycles. The number of nitrogens with one attached hydrogen (secondary N) is 1. The molecule has 0 amide bonds. The fourth-order valence-electron chi connectivity index (χ4n) is 1.92. The van der Waals surface area contributed by atoms with Gasteiger partial charge in [0.05, 0.1) is 11.7 Å². The van der Waals surface area contributed by atoms with Crippen molar-refractivity contribution >= 4 is 15.9 Å². The topological polar surface area (TPSA) is 24.9 Å². The molecule has 1 atom stereocenters. The summed E-state index contributed by atoms with van der Waals surface area (Å²) in [6, 6.07) is 7.70. The van der Waals surface area contributed by atoms with Gasteiger partial charge in [-0.15, -0.1) is 0 Å². The van der Waals surface area contributed by atoms with E-state index in [-0.39, 0.29) is 6.04 Å². The van der Waals surface area contributed by atoms with Gasteiger partial charge in [-0.2, -0.15) is 0 Å². The third-order valence-corrected chi connectivity index (χ3v) is 3.59. The minimum Gasteiger partial charge on any atom is -0.311 e. The van der Waals surface area contributed by atoms with Crippen LogP contribution in [0.15, 0.2) is 41.0 Å². The molecule has 1 unspecified atom stereocenters. The van der Waals surface area contributed by atoms with Gasteiger partial charge in [0.25, 0.3) is 0 Å². The number of likely N-dealkylation sites (N-methyl/N-ethyl adjacent to an activating group) is 1. The van der Waals surface area contributed by atoms with Gasteiger partial charge in [0.15, 0.2) is 11.6 Å². The molecule has 100 valence electrons. The van der Waals surface area contributed by atoms with Gasteiger partial charge in [-0.1, -0.05) is 12.1 Å². The Hall–Kier alpha value is -1.33. The predicted octanol–water partition coefficient (Wildman–Crippen LogP) is 3.63. The summed E-state index contributed by atoms with van der Waals surface area (Å²) in [5.41, 5.74) is 1.10. The van der Waals surface area contributed by atoms with Crippen LogP contribution in [0, 0.1) is 11.6 Å². The molecule has 0 radical (unpaired) electrons. The second-order valence-corrected chi connectivity index (χ2v) is 4.98. The van der Waals surface area contributed by atoms with Crippen molar-refractivity contribution in [2.75, 3.05) is 7.05 Å². The molecular weight excluding hydrogens is 314 g/mol. The summed E-state index contributed by atoms with van der Waals surface area (Å²) in [4.78, 5) is 4.27. The molecule has 0 aliphatic heterocycles. The summed E-state index contributed by atoms with van der Waals surface area (Å²) in [5.74, 6) is -1.62. The molecule has 0 bridgehead atoms. The molecule has 1 heterocycles. The molecule has 2 nitrogen and oxygen atoms in total. The first-order chi connectivity index (χ1) is 9.13. The number of nitrogens with zero attached hydrogens (tertiary/aromatic N) is 1. The summed E-state index contributed by atoms with van der Waals surface area (Å²) in [6.45, 7) is 0. The second kappa shape index (κ2) is 6.21. The SMILES string of the molecule is CNC(Cc1cccc(F)c1F)c1ncccc1Br. The summed E-state index contributed by atoms with van der Waals surface area (Å²) >= 11 is 3.41. The van der Waals surface area contributed by atoms with E-state index >= 15 is 0 Å². The van der Waals surface area contributed by atoms with Crippen molar-refractivity contribution in [1.82, 2.24) is 10.3 Å². The Kier molecular flexibility index (Phi) is 4.61. The molecule has 0 saturated heterocycles. The van der Waals surface area contributed by atoms with E-state index in [9.17, 15) is 8.78 Å². The molecule has 0 aliphatic carbocycles. The fraction of sp³-hybridized carbons (Fsp3) is 0.214. The number of rotatable bonds is 4. The van der Waals surface area contributed by atoms with Crippen LogP contribution in [0.25, 0.3) is 0 Å². The lowest BCUT2D eigenvalue weighted by molar-refractivity contribution is 0.484. The lowest BCUT2D eigenvalue weighted by Gasteiger charge is -2.17. The number of aromatic nitrogens is 1. The van der Waals surface area contributed by atoms with Gasteiger partial charge in [-0.3, -0.25) is 4.98 Å². The molecule has 1 N–H and O–H groups in total. The molecule has 0 aliphatic rings. The first-order valence-electron chi connectivity index (χ1n) is 5.84. The highest BCUT2D eigenvalue weighted by atomic mass is 79.9. The van der Waals surface area contributed by atoms with Crippen molar-refractivity contribution in [1.29, 1.82) is 0 Å². The highest BCUT2D eigenvalue weighted by molar-refractivity contribution is 9.10. The Bertz CT molecular complexity index is 575. The standard InChI is InChI=1S/C14H13BrF2N2/c1-18-12(14-10(15)5-3-7-19-14)8-9-4-2-6-11(16)13(9)17/h2-7,12,18H,8H2,1H3. The third-order valence-electron chi connectivity index (χ3n) is 2.92. The van der Waals surface area contributed by atoms with Crippen LogP contribution in [-0.2, 0) is 6.42 Å². The number of hydrogen-bond donors (Lipinski definition) is 1. The smallest absolute Gasteiger partial charge is 0.162 e. The van der Waals surface area contributed by atoms with Crippen molar-refractivity contribution in [3.8, 4) is 0 Å². The molecule has 0 spiro atoms. The van der Waals surface area contributed by atoms with E-state index in [1.165, 1.54) is 6.07 Å². The Morgan fingerprint density at radius 1 is 1.26 bits per heavy atom. The van der Waals surface area contributed by atoms with E-state index in [2.05, 4.69) is 26.2 Å². The molecule has 19 heavy (non-hydrogen) atoms. The van der Waals surface area contributed by atoms with Crippen LogP contribution in [0.1, 0.15) is 17.3 Å². The van der Waals surface area contributed by atoms with Crippen molar-refractivity contribution in [3.63, 3.8) is 0 Å². The summed E-state index contributed by atoms with van der Waals surface area (Å²) in [5, 5.41) is 3.07. The van der Waals surface area contributed by atoms with Crippen molar-refractivity contribution < 1.29 is 8.78 Å². The minimum absolute atomic E-state index is 0.188. The molecule has 1 aromatic heterocycles. The van der Waals surface area contributed by atoms with E-state index < -0.39 is 11.6 Å². The van der Waals surface area contributed by atoms with Gasteiger partial charge in [0, 0.05) is 10.7 Å². The van der Waals surface area contributed by atoms with E-state index in [1.807, 2.05) is 12.1 Å². The molecule has 0 saturated carbocycles. The summed E-state index contributed by atoms with van der Waals surface area (Å²) in [7, 11) is 1.77. The fourth-order valence-corrected chi connectivity index (χ4v) is 2.45. The molecule has 2 rings (SSSR count). The predicted molar refractivity (Wildman–Crippen MR) is 73.8 cm³/mol. The summed E-state index contributed by atoms with van der Waals surface area (Å²) in [6.07, 6.45) is 2.00. The quantitative estimate of drug-likeness (QED) is 0.928. The number of pyridine rings is 1. The summed E-state index contributed by atoms with van der Waals surface area (Å²) < 4.78 is 27.7. The number of benzene rings is 1. The first kappa shape index (κ1) is 14.1. The third kappa shape index (κ3) is 3.16. The van der Waals surface area contributed by atoms with Crippen LogP contribution in [0.4, 0.5) is 8.78 Å². The second-order valence-electron chi connectivity index (χ2n) is 4.13. The zero-order valence-corrected chi connectivity index (χ0v) is 11.9. The lowest BCUT2D eigenvalue weighted by atomic mass is 10.0. The maximum Gasteiger partial charge on any atom is 0.162 e. The number of hydrogen-bond acceptors (Lipinski definition) is 2. The van der Waals surface area contributed by atoms with Crippen molar-refractivity contribution in [2.24, 2.45) is 0 Å². The number of halogens is 3. The average molecular weight is 327 g/mol. The Morgan fingerprint density at radius 2 is 2.05 bits per heavy atom. The molecule has 5 heteroatoms. The van der Waals surface area contributed by atoms with E-state index in [1.54, 1.807) is 19.3 Å². The van der Waals surface area contributed by atoms with Gasteiger partial charge in [0.1, 0.15) is 0 Å². The molecule has 2 aromatic rings. The average Bonchev–Trinajstić information content (AvgIpc) is 2.41. The van der Waals surface area contributed by atoms with Gasteiger partial charge in [-0.05, 0) is 53.2 Å². The Labute approximate surface area is 119 Å². The molecule has 0 fully saturated rings. The molecular formula is C14H13BrF2N2. The largest absolute Gasteiger partial charge is 0.311 e.